The Bertz CT molecular complexity index is 700. The molecule has 1 aromatic carbocycles. The number of aryl methyl sites for hydroxylation is 3. The molecule has 3 heteroatoms. The van der Waals surface area contributed by atoms with Crippen molar-refractivity contribution in [3.8, 4) is 6.07 Å². The maximum absolute atomic E-state index is 9.16. The number of nitrogens with zero attached hydrogens (tertiary/aromatic N) is 3. The van der Waals surface area contributed by atoms with Crippen LogP contribution in [0.1, 0.15) is 55.5 Å². The lowest BCUT2D eigenvalue weighted by Crippen LogP contribution is -2.10. The van der Waals surface area contributed by atoms with E-state index in [-0.39, 0.29) is 0 Å². The van der Waals surface area contributed by atoms with Gasteiger partial charge in [0.15, 0.2) is 0 Å². The zero-order valence-electron chi connectivity index (χ0n) is 13.7. The van der Waals surface area contributed by atoms with E-state index in [1.54, 1.807) is 0 Å². The van der Waals surface area contributed by atoms with Gasteiger partial charge in [-0.2, -0.15) is 5.26 Å². The highest BCUT2D eigenvalue weighted by Gasteiger charge is 2.16. The summed E-state index contributed by atoms with van der Waals surface area (Å²) in [5, 5.41) is 9.16. The van der Waals surface area contributed by atoms with E-state index in [1.165, 1.54) is 49.7 Å². The maximum atomic E-state index is 9.16. The molecule has 1 aliphatic carbocycles. The van der Waals surface area contributed by atoms with Crippen LogP contribution in [0.4, 0.5) is 0 Å². The van der Waals surface area contributed by atoms with E-state index in [1.807, 2.05) is 0 Å². The molecule has 0 unspecified atom stereocenters. The van der Waals surface area contributed by atoms with Gasteiger partial charge < -0.3 is 4.57 Å². The standard InChI is InChI=1S/C19H25N3/c1-14-12-17-18(13-15(14)2)22(11-10-20)19(21-17)9-8-16-6-4-3-5-7-16/h12-13,16H,3-9,11H2,1-2H3. The summed E-state index contributed by atoms with van der Waals surface area (Å²) in [6.45, 7) is 4.65. The van der Waals surface area contributed by atoms with Gasteiger partial charge in [0.25, 0.3) is 0 Å². The van der Waals surface area contributed by atoms with E-state index in [2.05, 4.69) is 36.6 Å². The van der Waals surface area contributed by atoms with Gasteiger partial charge in [0.05, 0.1) is 17.1 Å². The highest BCUT2D eigenvalue weighted by molar-refractivity contribution is 5.78. The molecule has 1 heterocycles. The summed E-state index contributed by atoms with van der Waals surface area (Å²) in [4.78, 5) is 4.83. The summed E-state index contributed by atoms with van der Waals surface area (Å²) in [5.41, 5.74) is 4.69. The van der Waals surface area contributed by atoms with Crippen LogP contribution in [0.3, 0.4) is 0 Å². The fraction of sp³-hybridized carbons (Fsp3) is 0.579. The van der Waals surface area contributed by atoms with Crippen molar-refractivity contribution >= 4 is 11.0 Å². The van der Waals surface area contributed by atoms with Gasteiger partial charge in [-0.25, -0.2) is 4.98 Å². The van der Waals surface area contributed by atoms with Crippen LogP contribution < -0.4 is 0 Å². The molecule has 1 saturated carbocycles. The predicted molar refractivity (Wildman–Crippen MR) is 89.7 cm³/mol. The van der Waals surface area contributed by atoms with E-state index in [9.17, 15) is 0 Å². The zero-order chi connectivity index (χ0) is 15.5. The summed E-state index contributed by atoms with van der Waals surface area (Å²) in [7, 11) is 0. The molecule has 3 rings (SSSR count). The maximum Gasteiger partial charge on any atom is 0.111 e. The van der Waals surface area contributed by atoms with Crippen molar-refractivity contribution < 1.29 is 0 Å². The number of hydrogen-bond acceptors (Lipinski definition) is 2. The first kappa shape index (κ1) is 15.1. The SMILES string of the molecule is Cc1cc2nc(CCC3CCCCC3)n(CC#N)c2cc1C. The minimum Gasteiger partial charge on any atom is -0.314 e. The minimum atomic E-state index is 0.402. The molecule has 0 spiro atoms. The number of nitriles is 1. The van der Waals surface area contributed by atoms with Crippen LogP contribution in [0.15, 0.2) is 12.1 Å². The summed E-state index contributed by atoms with van der Waals surface area (Å²) in [5.74, 6) is 1.94. The fourth-order valence-corrected chi connectivity index (χ4v) is 3.68. The number of hydrogen-bond donors (Lipinski definition) is 0. The monoisotopic (exact) mass is 295 g/mol. The van der Waals surface area contributed by atoms with E-state index in [0.717, 1.165) is 29.2 Å². The second-order valence-electron chi connectivity index (χ2n) is 6.74. The number of imidazole rings is 1. The third-order valence-electron chi connectivity index (χ3n) is 5.17. The Morgan fingerprint density at radius 2 is 1.91 bits per heavy atom. The van der Waals surface area contributed by atoms with E-state index < -0.39 is 0 Å². The number of aromatic nitrogens is 2. The summed E-state index contributed by atoms with van der Waals surface area (Å²) in [6, 6.07) is 6.63. The lowest BCUT2D eigenvalue weighted by molar-refractivity contribution is 0.336. The molecule has 0 saturated heterocycles. The van der Waals surface area contributed by atoms with Crippen LogP contribution in [0.5, 0.6) is 0 Å². The number of rotatable bonds is 4. The van der Waals surface area contributed by atoms with Crippen molar-refractivity contribution in [2.24, 2.45) is 5.92 Å². The Balaban J connectivity index is 1.87. The molecule has 2 aromatic rings. The van der Waals surface area contributed by atoms with Gasteiger partial charge in [0, 0.05) is 6.42 Å². The summed E-state index contributed by atoms with van der Waals surface area (Å²) in [6.07, 6.45) is 9.14. The first-order valence-corrected chi connectivity index (χ1v) is 8.52. The molecule has 0 atom stereocenters. The molecule has 0 radical (unpaired) electrons. The lowest BCUT2D eigenvalue weighted by atomic mass is 9.86. The third kappa shape index (κ3) is 3.02. The molecular formula is C19H25N3. The largest absolute Gasteiger partial charge is 0.314 e. The zero-order valence-corrected chi connectivity index (χ0v) is 13.7. The molecule has 0 aliphatic heterocycles. The molecule has 0 amide bonds. The Morgan fingerprint density at radius 3 is 2.64 bits per heavy atom. The van der Waals surface area contributed by atoms with Gasteiger partial charge in [-0.1, -0.05) is 32.1 Å². The third-order valence-corrected chi connectivity index (χ3v) is 5.17. The molecule has 0 bridgehead atoms. The van der Waals surface area contributed by atoms with Crippen molar-refractivity contribution in [3.05, 3.63) is 29.1 Å². The minimum absolute atomic E-state index is 0.402. The van der Waals surface area contributed by atoms with Gasteiger partial charge in [0.1, 0.15) is 12.4 Å². The molecular weight excluding hydrogens is 270 g/mol. The summed E-state index contributed by atoms with van der Waals surface area (Å²) < 4.78 is 2.12. The van der Waals surface area contributed by atoms with Crippen molar-refractivity contribution in [2.45, 2.75) is 65.3 Å². The van der Waals surface area contributed by atoms with Gasteiger partial charge in [-0.15, -0.1) is 0 Å². The highest BCUT2D eigenvalue weighted by atomic mass is 15.1. The quantitative estimate of drug-likeness (QED) is 0.821. The number of benzene rings is 1. The highest BCUT2D eigenvalue weighted by Crippen LogP contribution is 2.28. The van der Waals surface area contributed by atoms with Crippen LogP contribution in [-0.4, -0.2) is 9.55 Å². The topological polar surface area (TPSA) is 41.6 Å². The number of fused-ring (bicyclic) bond motifs is 1. The first-order valence-electron chi connectivity index (χ1n) is 8.52. The van der Waals surface area contributed by atoms with Crippen molar-refractivity contribution in [2.75, 3.05) is 0 Å². The fourth-order valence-electron chi connectivity index (χ4n) is 3.68. The molecule has 22 heavy (non-hydrogen) atoms. The Kier molecular flexibility index (Phi) is 4.47. The van der Waals surface area contributed by atoms with Gasteiger partial charge in [0.2, 0.25) is 0 Å². The molecule has 116 valence electrons. The van der Waals surface area contributed by atoms with E-state index in [4.69, 9.17) is 10.2 Å². The van der Waals surface area contributed by atoms with Crippen molar-refractivity contribution in [1.82, 2.24) is 9.55 Å². The second-order valence-corrected chi connectivity index (χ2v) is 6.74. The average molecular weight is 295 g/mol. The van der Waals surface area contributed by atoms with Crippen molar-refractivity contribution in [3.63, 3.8) is 0 Å². The first-order chi connectivity index (χ1) is 10.7. The van der Waals surface area contributed by atoms with E-state index in [0.29, 0.717) is 6.54 Å². The van der Waals surface area contributed by atoms with E-state index >= 15 is 0 Å². The summed E-state index contributed by atoms with van der Waals surface area (Å²) >= 11 is 0. The van der Waals surface area contributed by atoms with Gasteiger partial charge in [-0.3, -0.25) is 0 Å². The molecule has 1 aliphatic rings. The Hall–Kier alpha value is -1.82. The average Bonchev–Trinajstić information content (AvgIpc) is 2.84. The van der Waals surface area contributed by atoms with Crippen molar-refractivity contribution in [1.29, 1.82) is 5.26 Å². The van der Waals surface area contributed by atoms with Crippen LogP contribution in [0, 0.1) is 31.1 Å². The molecule has 1 aromatic heterocycles. The van der Waals surface area contributed by atoms with Gasteiger partial charge >= 0.3 is 0 Å². The smallest absolute Gasteiger partial charge is 0.111 e. The second kappa shape index (κ2) is 6.52. The molecule has 1 fully saturated rings. The van der Waals surface area contributed by atoms with Crippen LogP contribution in [0.25, 0.3) is 11.0 Å². The Morgan fingerprint density at radius 1 is 1.18 bits per heavy atom. The lowest BCUT2D eigenvalue weighted by Gasteiger charge is -2.21. The van der Waals surface area contributed by atoms with Gasteiger partial charge in [-0.05, 0) is 49.4 Å². The Labute approximate surface area is 133 Å². The molecule has 3 nitrogen and oxygen atoms in total. The van der Waals surface area contributed by atoms with Crippen LogP contribution in [-0.2, 0) is 13.0 Å². The normalized spacial score (nSPS) is 16.0. The molecule has 0 N–H and O–H groups in total. The van der Waals surface area contributed by atoms with Crippen LogP contribution >= 0.6 is 0 Å². The van der Waals surface area contributed by atoms with Crippen LogP contribution in [0.2, 0.25) is 0 Å². The predicted octanol–water partition coefficient (Wildman–Crippen LogP) is 4.69.